The smallest absolute Gasteiger partial charge is 0.230 e. The Kier molecular flexibility index (Phi) is 6.95. The van der Waals surface area contributed by atoms with Crippen LogP contribution in [0.15, 0.2) is 59.8 Å². The lowest BCUT2D eigenvalue weighted by Crippen LogP contribution is -2.34. The Hall–Kier alpha value is -2.51. The molecule has 1 atom stereocenters. The van der Waals surface area contributed by atoms with Gasteiger partial charge in [-0.25, -0.2) is 4.68 Å². The second-order valence-electron chi connectivity index (χ2n) is 6.44. The average Bonchev–Trinajstić information content (AvgIpc) is 3.06. The van der Waals surface area contributed by atoms with Gasteiger partial charge in [-0.3, -0.25) is 4.79 Å². The van der Waals surface area contributed by atoms with Gasteiger partial charge in [-0.2, -0.15) is 0 Å². The molecule has 0 aliphatic carbocycles. The predicted molar refractivity (Wildman–Crippen MR) is 114 cm³/mol. The molecule has 2 aromatic carbocycles. The molecule has 0 spiro atoms. The first-order chi connectivity index (χ1) is 13.5. The molecule has 1 aromatic heterocycles. The molecule has 8 heteroatoms. The van der Waals surface area contributed by atoms with E-state index in [1.54, 1.807) is 6.07 Å². The number of rotatable bonds is 8. The van der Waals surface area contributed by atoms with Crippen LogP contribution < -0.4 is 11.2 Å². The van der Waals surface area contributed by atoms with Crippen LogP contribution in [-0.2, 0) is 11.2 Å². The molecule has 1 heterocycles. The van der Waals surface area contributed by atoms with Crippen molar-refractivity contribution in [3.63, 3.8) is 0 Å². The van der Waals surface area contributed by atoms with Crippen molar-refractivity contribution in [2.24, 2.45) is 0 Å². The first-order valence-corrected chi connectivity index (χ1v) is 10.3. The lowest BCUT2D eigenvalue weighted by Gasteiger charge is -2.13. The number of aromatic nitrogens is 3. The summed E-state index contributed by atoms with van der Waals surface area (Å²) < 4.78 is 1.36. The van der Waals surface area contributed by atoms with E-state index in [1.165, 1.54) is 22.0 Å². The van der Waals surface area contributed by atoms with E-state index in [0.717, 1.165) is 12.8 Å². The number of benzene rings is 2. The van der Waals surface area contributed by atoms with Crippen molar-refractivity contribution in [2.45, 2.75) is 31.0 Å². The molecule has 3 N–H and O–H groups in total. The maximum atomic E-state index is 12.2. The normalized spacial score (nSPS) is 11.9. The first kappa shape index (κ1) is 20.2. The van der Waals surface area contributed by atoms with Crippen molar-refractivity contribution in [2.75, 3.05) is 11.6 Å². The van der Waals surface area contributed by atoms with Crippen LogP contribution in [0.1, 0.15) is 18.9 Å². The standard InChI is InChI=1S/C20H22ClN5OS/c1-14(11-12-15-7-3-2-4-8-15)23-18(27)13-28-20-25-24-19(26(20)22)16-9-5-6-10-17(16)21/h2-10,14H,11-13,22H2,1H3,(H,23,27)/t14-/m0/s1. The fourth-order valence-electron chi connectivity index (χ4n) is 2.75. The van der Waals surface area contributed by atoms with Crippen LogP contribution in [0, 0.1) is 0 Å². The maximum Gasteiger partial charge on any atom is 0.230 e. The van der Waals surface area contributed by atoms with E-state index < -0.39 is 0 Å². The highest BCUT2D eigenvalue weighted by molar-refractivity contribution is 7.99. The van der Waals surface area contributed by atoms with Crippen molar-refractivity contribution in [3.05, 3.63) is 65.2 Å². The van der Waals surface area contributed by atoms with Gasteiger partial charge in [-0.15, -0.1) is 10.2 Å². The number of hydrogen-bond donors (Lipinski definition) is 2. The number of nitrogens with one attached hydrogen (secondary N) is 1. The van der Waals surface area contributed by atoms with Gasteiger partial charge in [0.05, 0.1) is 10.8 Å². The number of aryl methyl sites for hydroxylation is 1. The van der Waals surface area contributed by atoms with Crippen LogP contribution in [0.4, 0.5) is 0 Å². The number of nitrogens with two attached hydrogens (primary N) is 1. The van der Waals surface area contributed by atoms with Crippen molar-refractivity contribution in [1.29, 1.82) is 0 Å². The van der Waals surface area contributed by atoms with Gasteiger partial charge in [0.2, 0.25) is 11.1 Å². The summed E-state index contributed by atoms with van der Waals surface area (Å²) in [7, 11) is 0. The van der Waals surface area contributed by atoms with Crippen LogP contribution in [0.25, 0.3) is 11.4 Å². The molecule has 0 fully saturated rings. The molecule has 0 unspecified atom stereocenters. The monoisotopic (exact) mass is 415 g/mol. The van der Waals surface area contributed by atoms with E-state index in [1.807, 2.05) is 43.3 Å². The van der Waals surface area contributed by atoms with Crippen molar-refractivity contribution in [3.8, 4) is 11.4 Å². The Morgan fingerprint density at radius 2 is 1.89 bits per heavy atom. The minimum absolute atomic E-state index is 0.0622. The largest absolute Gasteiger partial charge is 0.353 e. The number of carbonyl (C=O) groups is 1. The number of nitrogens with zero attached hydrogens (tertiary/aromatic N) is 3. The third kappa shape index (κ3) is 5.27. The van der Waals surface area contributed by atoms with Gasteiger partial charge >= 0.3 is 0 Å². The van der Waals surface area contributed by atoms with Gasteiger partial charge in [0.1, 0.15) is 0 Å². The number of nitrogen functional groups attached to an aromatic ring is 1. The molecule has 3 aromatic rings. The van der Waals surface area contributed by atoms with Gasteiger partial charge in [-0.05, 0) is 37.5 Å². The first-order valence-electron chi connectivity index (χ1n) is 8.96. The Labute approximate surface area is 173 Å². The summed E-state index contributed by atoms with van der Waals surface area (Å²) in [5, 5.41) is 12.2. The van der Waals surface area contributed by atoms with Crippen molar-refractivity contribution in [1.82, 2.24) is 20.2 Å². The molecule has 0 saturated carbocycles. The average molecular weight is 416 g/mol. The summed E-state index contributed by atoms with van der Waals surface area (Å²) in [6.07, 6.45) is 1.80. The Balaban J connectivity index is 1.50. The summed E-state index contributed by atoms with van der Waals surface area (Å²) in [5.41, 5.74) is 1.96. The van der Waals surface area contributed by atoms with Gasteiger partial charge in [0.25, 0.3) is 0 Å². The number of hydrogen-bond acceptors (Lipinski definition) is 5. The van der Waals surface area contributed by atoms with Crippen LogP contribution in [0.2, 0.25) is 5.02 Å². The molecule has 3 rings (SSSR count). The van der Waals surface area contributed by atoms with Gasteiger partial charge < -0.3 is 11.2 Å². The summed E-state index contributed by atoms with van der Waals surface area (Å²) in [6.45, 7) is 2.01. The van der Waals surface area contributed by atoms with Crippen LogP contribution >= 0.6 is 23.4 Å². The second kappa shape index (κ2) is 9.61. The predicted octanol–water partition coefficient (Wildman–Crippen LogP) is 3.54. The van der Waals surface area contributed by atoms with E-state index in [-0.39, 0.29) is 17.7 Å². The highest BCUT2D eigenvalue weighted by Gasteiger charge is 2.16. The lowest BCUT2D eigenvalue weighted by atomic mass is 10.1. The van der Waals surface area contributed by atoms with E-state index in [2.05, 4.69) is 27.6 Å². The molecule has 0 radical (unpaired) electrons. The highest BCUT2D eigenvalue weighted by atomic mass is 35.5. The Morgan fingerprint density at radius 3 is 2.64 bits per heavy atom. The summed E-state index contributed by atoms with van der Waals surface area (Å²) in [4.78, 5) is 12.2. The molecule has 146 valence electrons. The van der Waals surface area contributed by atoms with Crippen LogP contribution in [0.3, 0.4) is 0 Å². The quantitative estimate of drug-likeness (QED) is 0.434. The lowest BCUT2D eigenvalue weighted by molar-refractivity contribution is -0.119. The molecule has 6 nitrogen and oxygen atoms in total. The molecule has 28 heavy (non-hydrogen) atoms. The highest BCUT2D eigenvalue weighted by Crippen LogP contribution is 2.27. The van der Waals surface area contributed by atoms with Crippen LogP contribution in [-0.4, -0.2) is 32.6 Å². The van der Waals surface area contributed by atoms with E-state index in [0.29, 0.717) is 21.6 Å². The fraction of sp³-hybridized carbons (Fsp3) is 0.250. The molecule has 1 amide bonds. The number of carbonyl (C=O) groups excluding carboxylic acids is 1. The topological polar surface area (TPSA) is 85.8 Å². The van der Waals surface area contributed by atoms with Gasteiger partial charge in [0, 0.05) is 11.6 Å². The summed E-state index contributed by atoms with van der Waals surface area (Å²) in [6, 6.07) is 17.6. The maximum absolute atomic E-state index is 12.2. The van der Waals surface area contributed by atoms with Crippen LogP contribution in [0.5, 0.6) is 0 Å². The molecule has 0 aliphatic heterocycles. The molecular weight excluding hydrogens is 394 g/mol. The number of halogens is 1. The molecule has 0 aliphatic rings. The van der Waals surface area contributed by atoms with Crippen molar-refractivity contribution < 1.29 is 4.79 Å². The van der Waals surface area contributed by atoms with E-state index >= 15 is 0 Å². The zero-order chi connectivity index (χ0) is 19.9. The third-order valence-electron chi connectivity index (χ3n) is 4.23. The Bertz CT molecular complexity index is 931. The summed E-state index contributed by atoms with van der Waals surface area (Å²) >= 11 is 7.43. The zero-order valence-corrected chi connectivity index (χ0v) is 17.1. The van der Waals surface area contributed by atoms with E-state index in [4.69, 9.17) is 17.4 Å². The van der Waals surface area contributed by atoms with Crippen molar-refractivity contribution >= 4 is 29.3 Å². The fourth-order valence-corrected chi connectivity index (χ4v) is 3.64. The van der Waals surface area contributed by atoms with Gasteiger partial charge in [0.15, 0.2) is 5.82 Å². The minimum atomic E-state index is -0.0622. The number of thioether (sulfide) groups is 1. The second-order valence-corrected chi connectivity index (χ2v) is 7.79. The molecular formula is C20H22ClN5OS. The third-order valence-corrected chi connectivity index (χ3v) is 5.50. The number of amides is 1. The summed E-state index contributed by atoms with van der Waals surface area (Å²) in [5.74, 6) is 6.70. The molecule has 0 saturated heterocycles. The van der Waals surface area contributed by atoms with Gasteiger partial charge in [-0.1, -0.05) is 65.8 Å². The Morgan fingerprint density at radius 1 is 1.18 bits per heavy atom. The molecule has 0 bridgehead atoms. The minimum Gasteiger partial charge on any atom is -0.353 e. The SMILES string of the molecule is C[C@@H](CCc1ccccc1)NC(=O)CSc1nnc(-c2ccccc2Cl)n1N. The van der Waals surface area contributed by atoms with E-state index in [9.17, 15) is 4.79 Å². The zero-order valence-electron chi connectivity index (χ0n) is 15.5.